The molecule has 1 aliphatic carbocycles. The van der Waals surface area contributed by atoms with Gasteiger partial charge in [0.1, 0.15) is 0 Å². The molecular weight excluding hydrogens is 216 g/mol. The van der Waals surface area contributed by atoms with Crippen LogP contribution in [0, 0.1) is 0 Å². The van der Waals surface area contributed by atoms with Gasteiger partial charge in [-0.05, 0) is 19.4 Å². The molecule has 0 bridgehead atoms. The highest BCUT2D eigenvalue weighted by Gasteiger charge is 2.27. The van der Waals surface area contributed by atoms with Gasteiger partial charge in [0.2, 0.25) is 0 Å². The average Bonchev–Trinajstić information content (AvgIpc) is 3.17. The van der Waals surface area contributed by atoms with Gasteiger partial charge in [-0.25, -0.2) is 0 Å². The second-order valence-electron chi connectivity index (χ2n) is 4.28. The largest absolute Gasteiger partial charge is 0.383 e. The van der Waals surface area contributed by atoms with Crippen molar-refractivity contribution < 1.29 is 4.74 Å². The van der Waals surface area contributed by atoms with Crippen LogP contribution in [0.5, 0.6) is 0 Å². The van der Waals surface area contributed by atoms with Crippen LogP contribution >= 0.6 is 0 Å². The summed E-state index contributed by atoms with van der Waals surface area (Å²) in [4.78, 5) is 6.69. The normalized spacial score (nSPS) is 16.4. The number of likely N-dealkylation sites (N-methyl/N-ethyl adjacent to an activating group) is 1. The lowest BCUT2D eigenvalue weighted by molar-refractivity contribution is 0.203. The summed E-state index contributed by atoms with van der Waals surface area (Å²) in [6, 6.07) is 0.838. The summed E-state index contributed by atoms with van der Waals surface area (Å²) in [5.74, 6) is 0.855. The highest BCUT2D eigenvalue weighted by Crippen LogP contribution is 2.25. The van der Waals surface area contributed by atoms with E-state index in [1.165, 1.54) is 12.8 Å². The fourth-order valence-corrected chi connectivity index (χ4v) is 1.85. The van der Waals surface area contributed by atoms with E-state index in [4.69, 9.17) is 4.74 Å². The first-order valence-corrected chi connectivity index (χ1v) is 6.49. The number of methoxy groups -OCH3 is 1. The number of hydrogen-bond donors (Lipinski definition) is 2. The van der Waals surface area contributed by atoms with Gasteiger partial charge in [-0.2, -0.15) is 0 Å². The third-order valence-electron chi connectivity index (χ3n) is 2.98. The number of hydrogen-bond acceptors (Lipinski definition) is 3. The van der Waals surface area contributed by atoms with Gasteiger partial charge in [0.05, 0.1) is 6.61 Å². The van der Waals surface area contributed by atoms with Crippen molar-refractivity contribution in [2.24, 2.45) is 4.99 Å². The van der Waals surface area contributed by atoms with E-state index in [0.717, 1.165) is 38.2 Å². The predicted octanol–water partition coefficient (Wildman–Crippen LogP) is 0.282. The molecule has 2 N–H and O–H groups in total. The van der Waals surface area contributed by atoms with Crippen LogP contribution in [-0.4, -0.2) is 63.8 Å². The van der Waals surface area contributed by atoms with E-state index in [9.17, 15) is 0 Å². The van der Waals surface area contributed by atoms with Crippen LogP contribution in [-0.2, 0) is 4.74 Å². The average molecular weight is 242 g/mol. The third-order valence-corrected chi connectivity index (χ3v) is 2.98. The Hall–Kier alpha value is -0.810. The number of ether oxygens (including phenoxy) is 1. The minimum absolute atomic E-state index is 0.698. The Morgan fingerprint density at radius 3 is 2.59 bits per heavy atom. The fraction of sp³-hybridized carbons (Fsp3) is 0.917. The van der Waals surface area contributed by atoms with E-state index in [1.807, 2.05) is 0 Å². The Morgan fingerprint density at radius 2 is 2.06 bits per heavy atom. The zero-order valence-corrected chi connectivity index (χ0v) is 11.3. The molecule has 1 aliphatic rings. The van der Waals surface area contributed by atoms with Gasteiger partial charge in [-0.1, -0.05) is 6.92 Å². The van der Waals surface area contributed by atoms with E-state index in [-0.39, 0.29) is 0 Å². The molecule has 0 aromatic rings. The molecule has 0 aromatic heterocycles. The lowest BCUT2D eigenvalue weighted by atomic mass is 10.4. The van der Waals surface area contributed by atoms with Crippen molar-refractivity contribution in [1.82, 2.24) is 15.5 Å². The first-order valence-electron chi connectivity index (χ1n) is 6.49. The summed E-state index contributed by atoms with van der Waals surface area (Å²) >= 11 is 0. The van der Waals surface area contributed by atoms with Crippen LogP contribution in [0.25, 0.3) is 0 Å². The van der Waals surface area contributed by atoms with Crippen LogP contribution in [0.15, 0.2) is 4.99 Å². The highest BCUT2D eigenvalue weighted by molar-refractivity contribution is 5.79. The van der Waals surface area contributed by atoms with E-state index >= 15 is 0 Å². The predicted molar refractivity (Wildman–Crippen MR) is 71.5 cm³/mol. The third kappa shape index (κ3) is 5.89. The highest BCUT2D eigenvalue weighted by atomic mass is 16.5. The molecule has 1 fully saturated rings. The number of nitrogens with one attached hydrogen (secondary N) is 2. The molecule has 5 heteroatoms. The maximum Gasteiger partial charge on any atom is 0.191 e. The molecular formula is C12H26N4O. The van der Waals surface area contributed by atoms with Crippen molar-refractivity contribution in [2.75, 3.05) is 46.9 Å². The number of rotatable bonds is 8. The number of guanidine groups is 1. The maximum absolute atomic E-state index is 4.98. The van der Waals surface area contributed by atoms with Gasteiger partial charge >= 0.3 is 0 Å². The smallest absolute Gasteiger partial charge is 0.191 e. The topological polar surface area (TPSA) is 48.9 Å². The Bertz CT molecular complexity index is 229. The van der Waals surface area contributed by atoms with Gasteiger partial charge in [0.15, 0.2) is 5.96 Å². The zero-order chi connectivity index (χ0) is 12.5. The molecule has 0 aromatic carbocycles. The number of aliphatic imine (C=N–C) groups is 1. The summed E-state index contributed by atoms with van der Waals surface area (Å²) < 4.78 is 4.98. The molecule has 0 heterocycles. The molecule has 0 radical (unpaired) electrons. The standard InChI is InChI=1S/C12H26N4O/c1-4-16(11-5-6-11)9-7-14-12(13-2)15-8-10-17-3/h11H,4-10H2,1-3H3,(H2,13,14,15). The summed E-state index contributed by atoms with van der Waals surface area (Å²) in [5.41, 5.74) is 0. The maximum atomic E-state index is 4.98. The first kappa shape index (κ1) is 14.3. The van der Waals surface area contributed by atoms with E-state index in [1.54, 1.807) is 14.2 Å². The van der Waals surface area contributed by atoms with Crippen molar-refractivity contribution in [2.45, 2.75) is 25.8 Å². The first-order chi connectivity index (χ1) is 8.31. The van der Waals surface area contributed by atoms with Crippen LogP contribution in [0.1, 0.15) is 19.8 Å². The monoisotopic (exact) mass is 242 g/mol. The Kier molecular flexibility index (Phi) is 6.96. The van der Waals surface area contributed by atoms with Crippen molar-refractivity contribution in [1.29, 1.82) is 0 Å². The van der Waals surface area contributed by atoms with E-state index in [0.29, 0.717) is 6.61 Å². The molecule has 100 valence electrons. The van der Waals surface area contributed by atoms with Crippen LogP contribution < -0.4 is 10.6 Å². The molecule has 5 nitrogen and oxygen atoms in total. The van der Waals surface area contributed by atoms with Crippen LogP contribution in [0.4, 0.5) is 0 Å². The van der Waals surface area contributed by atoms with Gasteiger partial charge in [-0.15, -0.1) is 0 Å². The second-order valence-corrected chi connectivity index (χ2v) is 4.28. The second kappa shape index (κ2) is 8.31. The lowest BCUT2D eigenvalue weighted by Crippen LogP contribution is -2.42. The minimum Gasteiger partial charge on any atom is -0.383 e. The molecule has 0 saturated heterocycles. The Morgan fingerprint density at radius 1 is 1.35 bits per heavy atom. The molecule has 0 amide bonds. The van der Waals surface area contributed by atoms with E-state index in [2.05, 4.69) is 27.4 Å². The minimum atomic E-state index is 0.698. The molecule has 0 aliphatic heterocycles. The van der Waals surface area contributed by atoms with Gasteiger partial charge in [-0.3, -0.25) is 9.89 Å². The van der Waals surface area contributed by atoms with E-state index < -0.39 is 0 Å². The quantitative estimate of drug-likeness (QED) is 0.365. The van der Waals surface area contributed by atoms with Crippen LogP contribution in [0.2, 0.25) is 0 Å². The van der Waals surface area contributed by atoms with Crippen molar-refractivity contribution in [3.05, 3.63) is 0 Å². The van der Waals surface area contributed by atoms with Crippen molar-refractivity contribution in [3.8, 4) is 0 Å². The Labute approximate surface area is 105 Å². The summed E-state index contributed by atoms with van der Waals surface area (Å²) in [5, 5.41) is 6.52. The van der Waals surface area contributed by atoms with Gasteiger partial charge in [0.25, 0.3) is 0 Å². The number of nitrogens with zero attached hydrogens (tertiary/aromatic N) is 2. The summed E-state index contributed by atoms with van der Waals surface area (Å²) in [7, 11) is 3.49. The molecule has 17 heavy (non-hydrogen) atoms. The molecule has 1 rings (SSSR count). The molecule has 1 saturated carbocycles. The fourth-order valence-electron chi connectivity index (χ4n) is 1.85. The van der Waals surface area contributed by atoms with Crippen molar-refractivity contribution >= 4 is 5.96 Å². The molecule has 0 spiro atoms. The Balaban J connectivity index is 2.09. The lowest BCUT2D eigenvalue weighted by Gasteiger charge is -2.20. The zero-order valence-electron chi connectivity index (χ0n) is 11.3. The van der Waals surface area contributed by atoms with Crippen LogP contribution in [0.3, 0.4) is 0 Å². The van der Waals surface area contributed by atoms with Gasteiger partial charge < -0.3 is 15.4 Å². The molecule has 0 unspecified atom stereocenters. The van der Waals surface area contributed by atoms with Crippen molar-refractivity contribution in [3.63, 3.8) is 0 Å². The molecule has 0 atom stereocenters. The summed E-state index contributed by atoms with van der Waals surface area (Å²) in [6.07, 6.45) is 2.74. The SMILES string of the molecule is CCN(CCNC(=NC)NCCOC)C1CC1. The van der Waals surface area contributed by atoms with Gasteiger partial charge in [0, 0.05) is 39.8 Å². The summed E-state index contributed by atoms with van der Waals surface area (Å²) in [6.45, 7) is 6.88.